The average molecular weight is 233 g/mol. The largest absolute Gasteiger partial charge is 0.481 e. The molecule has 0 radical (unpaired) electrons. The lowest BCUT2D eigenvalue weighted by atomic mass is 9.96. The molecule has 0 aliphatic carbocycles. The van der Waals surface area contributed by atoms with Crippen molar-refractivity contribution in [3.05, 3.63) is 29.8 Å². The van der Waals surface area contributed by atoms with E-state index in [1.165, 1.54) is 5.69 Å². The Hall–Kier alpha value is -1.51. The van der Waals surface area contributed by atoms with Gasteiger partial charge in [0, 0.05) is 18.8 Å². The fraction of sp³-hybridized carbons (Fsp3) is 0.500. The highest BCUT2D eigenvalue weighted by molar-refractivity contribution is 5.68. The number of hydrogen-bond acceptors (Lipinski definition) is 2. The van der Waals surface area contributed by atoms with Gasteiger partial charge in [0.2, 0.25) is 0 Å². The molecule has 3 nitrogen and oxygen atoms in total. The molecule has 1 atom stereocenters. The Morgan fingerprint density at radius 2 is 2.00 bits per heavy atom. The van der Waals surface area contributed by atoms with Crippen LogP contribution in [0.25, 0.3) is 0 Å². The Labute approximate surface area is 102 Å². The van der Waals surface area contributed by atoms with Crippen molar-refractivity contribution in [2.75, 3.05) is 18.0 Å². The number of carbonyl (C=O) groups is 1. The third-order valence-electron chi connectivity index (χ3n) is 3.37. The summed E-state index contributed by atoms with van der Waals surface area (Å²) in [5, 5.41) is 8.76. The fourth-order valence-electron chi connectivity index (χ4n) is 2.30. The van der Waals surface area contributed by atoms with Crippen LogP contribution in [0.2, 0.25) is 0 Å². The Bertz CT molecular complexity index is 393. The minimum absolute atomic E-state index is 0.0804. The Balaban J connectivity index is 2.00. The van der Waals surface area contributed by atoms with Crippen LogP contribution in [0, 0.1) is 5.92 Å². The fourth-order valence-corrected chi connectivity index (χ4v) is 2.30. The van der Waals surface area contributed by atoms with E-state index in [1.54, 1.807) is 0 Å². The molecule has 1 fully saturated rings. The SMILES string of the molecule is CC1CN(c2ccc(C(C)CC(=O)O)cc2)C1. The molecule has 1 aromatic rings. The van der Waals surface area contributed by atoms with Crippen LogP contribution in [0.1, 0.15) is 31.7 Å². The molecule has 1 saturated heterocycles. The van der Waals surface area contributed by atoms with E-state index >= 15 is 0 Å². The molecule has 0 spiro atoms. The van der Waals surface area contributed by atoms with Crippen LogP contribution in [-0.4, -0.2) is 24.2 Å². The quantitative estimate of drug-likeness (QED) is 0.869. The van der Waals surface area contributed by atoms with Crippen molar-refractivity contribution >= 4 is 11.7 Å². The van der Waals surface area contributed by atoms with E-state index in [9.17, 15) is 4.79 Å². The highest BCUT2D eigenvalue weighted by Gasteiger charge is 2.22. The van der Waals surface area contributed by atoms with Crippen molar-refractivity contribution in [3.8, 4) is 0 Å². The summed E-state index contributed by atoms with van der Waals surface area (Å²) in [7, 11) is 0. The summed E-state index contributed by atoms with van der Waals surface area (Å²) in [5.74, 6) is 0.135. The van der Waals surface area contributed by atoms with Crippen LogP contribution >= 0.6 is 0 Å². The third kappa shape index (κ3) is 2.78. The zero-order chi connectivity index (χ0) is 12.4. The van der Waals surface area contributed by atoms with Crippen LogP contribution < -0.4 is 4.90 Å². The van der Waals surface area contributed by atoms with Gasteiger partial charge >= 0.3 is 5.97 Å². The van der Waals surface area contributed by atoms with Crippen LogP contribution in [0.4, 0.5) is 5.69 Å². The number of rotatable bonds is 4. The number of carboxylic acid groups (broad SMARTS) is 1. The number of carboxylic acids is 1. The summed E-state index contributed by atoms with van der Waals surface area (Å²) in [6.07, 6.45) is 0.195. The predicted octanol–water partition coefficient (Wildman–Crippen LogP) is 2.72. The van der Waals surface area contributed by atoms with Crippen molar-refractivity contribution < 1.29 is 9.90 Å². The lowest BCUT2D eigenvalue weighted by molar-refractivity contribution is -0.137. The molecule has 0 bridgehead atoms. The molecule has 92 valence electrons. The zero-order valence-corrected chi connectivity index (χ0v) is 10.4. The van der Waals surface area contributed by atoms with E-state index in [0.717, 1.165) is 24.6 Å². The van der Waals surface area contributed by atoms with E-state index in [0.29, 0.717) is 0 Å². The van der Waals surface area contributed by atoms with E-state index in [2.05, 4.69) is 24.0 Å². The normalized spacial score (nSPS) is 17.6. The molecule has 0 saturated carbocycles. The highest BCUT2D eigenvalue weighted by Crippen LogP contribution is 2.27. The number of benzene rings is 1. The molecule has 2 rings (SSSR count). The van der Waals surface area contributed by atoms with Crippen LogP contribution in [0.15, 0.2) is 24.3 Å². The lowest BCUT2D eigenvalue weighted by Crippen LogP contribution is -2.45. The number of anilines is 1. The van der Waals surface area contributed by atoms with Crippen LogP contribution in [0.5, 0.6) is 0 Å². The van der Waals surface area contributed by atoms with E-state index in [-0.39, 0.29) is 12.3 Å². The first-order valence-electron chi connectivity index (χ1n) is 6.13. The summed E-state index contributed by atoms with van der Waals surface area (Å²) in [6, 6.07) is 8.29. The minimum atomic E-state index is -0.738. The van der Waals surface area contributed by atoms with Gasteiger partial charge in [0.25, 0.3) is 0 Å². The predicted molar refractivity (Wildman–Crippen MR) is 68.5 cm³/mol. The molecule has 3 heteroatoms. The van der Waals surface area contributed by atoms with Crippen molar-refractivity contribution in [2.24, 2.45) is 5.92 Å². The lowest BCUT2D eigenvalue weighted by Gasteiger charge is -2.39. The van der Waals surface area contributed by atoms with E-state index < -0.39 is 5.97 Å². The van der Waals surface area contributed by atoms with E-state index in [4.69, 9.17) is 5.11 Å². The number of nitrogens with zero attached hydrogens (tertiary/aromatic N) is 1. The summed E-state index contributed by atoms with van der Waals surface area (Å²) >= 11 is 0. The van der Waals surface area contributed by atoms with E-state index in [1.807, 2.05) is 19.1 Å². The molecule has 17 heavy (non-hydrogen) atoms. The summed E-state index contributed by atoms with van der Waals surface area (Å²) < 4.78 is 0. The van der Waals surface area contributed by atoms with Crippen molar-refractivity contribution in [1.82, 2.24) is 0 Å². The van der Waals surface area contributed by atoms with Gasteiger partial charge < -0.3 is 10.0 Å². The summed E-state index contributed by atoms with van der Waals surface area (Å²) in [5.41, 5.74) is 2.35. The molecule has 0 amide bonds. The van der Waals surface area contributed by atoms with Crippen molar-refractivity contribution in [2.45, 2.75) is 26.2 Å². The summed E-state index contributed by atoms with van der Waals surface area (Å²) in [4.78, 5) is 13.0. The number of hydrogen-bond donors (Lipinski definition) is 1. The monoisotopic (exact) mass is 233 g/mol. The molecular weight excluding hydrogens is 214 g/mol. The van der Waals surface area contributed by atoms with Gasteiger partial charge in [-0.25, -0.2) is 0 Å². The smallest absolute Gasteiger partial charge is 0.303 e. The number of aliphatic carboxylic acids is 1. The van der Waals surface area contributed by atoms with Crippen molar-refractivity contribution in [1.29, 1.82) is 0 Å². The van der Waals surface area contributed by atoms with Gasteiger partial charge in [0.05, 0.1) is 6.42 Å². The first-order valence-corrected chi connectivity index (χ1v) is 6.13. The van der Waals surface area contributed by atoms with Gasteiger partial charge in [0.15, 0.2) is 0 Å². The maximum absolute atomic E-state index is 10.6. The Morgan fingerprint density at radius 3 is 2.47 bits per heavy atom. The van der Waals surface area contributed by atoms with Gasteiger partial charge in [-0.15, -0.1) is 0 Å². The van der Waals surface area contributed by atoms with Gasteiger partial charge in [-0.05, 0) is 29.5 Å². The van der Waals surface area contributed by atoms with Crippen molar-refractivity contribution in [3.63, 3.8) is 0 Å². The molecule has 1 N–H and O–H groups in total. The van der Waals surface area contributed by atoms with Crippen LogP contribution in [-0.2, 0) is 4.79 Å². The zero-order valence-electron chi connectivity index (χ0n) is 10.4. The molecular formula is C14H19NO2. The second-order valence-electron chi connectivity index (χ2n) is 5.10. The highest BCUT2D eigenvalue weighted by atomic mass is 16.4. The molecule has 1 aromatic carbocycles. The van der Waals surface area contributed by atoms with Gasteiger partial charge in [0.1, 0.15) is 0 Å². The maximum atomic E-state index is 10.6. The first kappa shape index (κ1) is 12.0. The van der Waals surface area contributed by atoms with Crippen LogP contribution in [0.3, 0.4) is 0 Å². The first-order chi connectivity index (χ1) is 8.06. The molecule has 1 unspecified atom stereocenters. The standard InChI is InChI=1S/C14H19NO2/c1-10-8-15(9-10)13-5-3-12(4-6-13)11(2)7-14(16)17/h3-6,10-11H,7-9H2,1-2H3,(H,16,17). The van der Waals surface area contributed by atoms with Gasteiger partial charge in [-0.2, -0.15) is 0 Å². The minimum Gasteiger partial charge on any atom is -0.481 e. The molecule has 1 aliphatic rings. The molecule has 1 heterocycles. The maximum Gasteiger partial charge on any atom is 0.303 e. The molecule has 1 aliphatic heterocycles. The van der Waals surface area contributed by atoms with Gasteiger partial charge in [-0.3, -0.25) is 4.79 Å². The topological polar surface area (TPSA) is 40.5 Å². The Morgan fingerprint density at radius 1 is 1.41 bits per heavy atom. The molecule has 0 aromatic heterocycles. The Kier molecular flexibility index (Phi) is 3.36. The summed E-state index contributed by atoms with van der Waals surface area (Å²) in [6.45, 7) is 6.46. The second kappa shape index (κ2) is 4.78. The average Bonchev–Trinajstić information content (AvgIpc) is 2.24. The van der Waals surface area contributed by atoms with Gasteiger partial charge in [-0.1, -0.05) is 26.0 Å². The third-order valence-corrected chi connectivity index (χ3v) is 3.37. The second-order valence-corrected chi connectivity index (χ2v) is 5.10.